The van der Waals surface area contributed by atoms with Crippen LogP contribution in [0.1, 0.15) is 5.69 Å². The number of nitrogens with zero attached hydrogens (tertiary/aromatic N) is 3. The van der Waals surface area contributed by atoms with Crippen LogP contribution in [0.25, 0.3) is 0 Å². The second-order valence-corrected chi connectivity index (χ2v) is 3.77. The highest BCUT2D eigenvalue weighted by Crippen LogP contribution is 1.98. The third kappa shape index (κ3) is 3.03. The molecule has 0 aromatic carbocycles. The van der Waals surface area contributed by atoms with E-state index in [0.717, 1.165) is 24.4 Å². The lowest BCUT2D eigenvalue weighted by molar-refractivity contribution is 0.632. The van der Waals surface area contributed by atoms with Crippen molar-refractivity contribution >= 4 is 23.4 Å². The van der Waals surface area contributed by atoms with E-state index in [0.29, 0.717) is 5.88 Å². The van der Waals surface area contributed by atoms with Crippen LogP contribution in [0, 0.1) is 0 Å². The first kappa shape index (κ1) is 9.86. The number of hydrogen-bond donors (Lipinski definition) is 0. The fraction of sp³-hybridized carbons (Fsp3) is 0.714. The van der Waals surface area contributed by atoms with Crippen LogP contribution in [0.15, 0.2) is 6.20 Å². The predicted octanol–water partition coefficient (Wildman–Crippen LogP) is 1.42. The van der Waals surface area contributed by atoms with E-state index in [-0.39, 0.29) is 0 Å². The largest absolute Gasteiger partial charge is 0.251 e. The number of halogens is 1. The third-order valence-corrected chi connectivity index (χ3v) is 2.24. The van der Waals surface area contributed by atoms with Crippen LogP contribution in [-0.2, 0) is 13.0 Å². The zero-order chi connectivity index (χ0) is 8.81. The summed E-state index contributed by atoms with van der Waals surface area (Å²) in [4.78, 5) is 0. The van der Waals surface area contributed by atoms with Gasteiger partial charge in [-0.2, -0.15) is 11.8 Å². The summed E-state index contributed by atoms with van der Waals surface area (Å²) in [5.74, 6) is 1.69. The van der Waals surface area contributed by atoms with E-state index in [1.165, 1.54) is 0 Å². The molecule has 1 heterocycles. The minimum absolute atomic E-state index is 0.612. The number of aryl methyl sites for hydroxylation is 2. The van der Waals surface area contributed by atoms with Crippen LogP contribution in [0.4, 0.5) is 0 Å². The van der Waals surface area contributed by atoms with Gasteiger partial charge in [0.25, 0.3) is 0 Å². The van der Waals surface area contributed by atoms with Crippen LogP contribution in [0.3, 0.4) is 0 Å². The molecule has 0 bridgehead atoms. The third-order valence-electron chi connectivity index (χ3n) is 1.46. The van der Waals surface area contributed by atoms with E-state index in [9.17, 15) is 0 Å². The smallest absolute Gasteiger partial charge is 0.0839 e. The number of rotatable bonds is 5. The maximum atomic E-state index is 5.57. The summed E-state index contributed by atoms with van der Waals surface area (Å²) in [5, 5.41) is 7.95. The molecule has 0 N–H and O–H groups in total. The van der Waals surface area contributed by atoms with Gasteiger partial charge in [0.1, 0.15) is 0 Å². The summed E-state index contributed by atoms with van der Waals surface area (Å²) in [6.45, 7) is 0.927. The second kappa shape index (κ2) is 5.43. The Morgan fingerprint density at radius 1 is 1.67 bits per heavy atom. The van der Waals surface area contributed by atoms with Gasteiger partial charge in [-0.1, -0.05) is 5.21 Å². The highest BCUT2D eigenvalue weighted by atomic mass is 35.5. The van der Waals surface area contributed by atoms with E-state index in [1.807, 2.05) is 10.9 Å². The van der Waals surface area contributed by atoms with Crippen molar-refractivity contribution in [3.05, 3.63) is 11.9 Å². The molecule has 0 atom stereocenters. The van der Waals surface area contributed by atoms with E-state index in [2.05, 4.69) is 16.6 Å². The van der Waals surface area contributed by atoms with Crippen molar-refractivity contribution in [1.82, 2.24) is 15.0 Å². The van der Waals surface area contributed by atoms with Crippen LogP contribution in [0.5, 0.6) is 0 Å². The predicted molar refractivity (Wildman–Crippen MR) is 52.8 cm³/mol. The Morgan fingerprint density at radius 3 is 3.17 bits per heavy atom. The SMILES string of the molecule is CSCCn1cc(CCCl)nn1. The fourth-order valence-corrected chi connectivity index (χ4v) is 1.41. The van der Waals surface area contributed by atoms with Gasteiger partial charge in [-0.3, -0.25) is 4.68 Å². The quantitative estimate of drug-likeness (QED) is 0.682. The van der Waals surface area contributed by atoms with Gasteiger partial charge in [0.15, 0.2) is 0 Å². The molecule has 0 fully saturated rings. The Bertz CT molecular complexity index is 226. The zero-order valence-corrected chi connectivity index (χ0v) is 8.61. The van der Waals surface area contributed by atoms with Crippen molar-refractivity contribution in [3.63, 3.8) is 0 Å². The minimum Gasteiger partial charge on any atom is -0.251 e. The molecule has 0 saturated carbocycles. The van der Waals surface area contributed by atoms with E-state index in [1.54, 1.807) is 11.8 Å². The molecule has 68 valence electrons. The van der Waals surface area contributed by atoms with Crippen molar-refractivity contribution in [2.45, 2.75) is 13.0 Å². The summed E-state index contributed by atoms with van der Waals surface area (Å²) in [6.07, 6.45) is 4.84. The van der Waals surface area contributed by atoms with Gasteiger partial charge in [0.05, 0.1) is 12.2 Å². The van der Waals surface area contributed by atoms with Crippen molar-refractivity contribution in [1.29, 1.82) is 0 Å². The normalized spacial score (nSPS) is 10.5. The van der Waals surface area contributed by atoms with Crippen molar-refractivity contribution < 1.29 is 0 Å². The van der Waals surface area contributed by atoms with Crippen molar-refractivity contribution in [3.8, 4) is 0 Å². The molecule has 1 aromatic heterocycles. The van der Waals surface area contributed by atoms with Gasteiger partial charge in [-0.25, -0.2) is 0 Å². The first-order chi connectivity index (χ1) is 5.86. The topological polar surface area (TPSA) is 30.7 Å². The molecule has 0 spiro atoms. The van der Waals surface area contributed by atoms with Gasteiger partial charge >= 0.3 is 0 Å². The maximum absolute atomic E-state index is 5.57. The molecule has 12 heavy (non-hydrogen) atoms. The Morgan fingerprint density at radius 2 is 2.50 bits per heavy atom. The molecule has 3 nitrogen and oxygen atoms in total. The molecule has 0 aliphatic carbocycles. The molecule has 1 rings (SSSR count). The number of alkyl halides is 1. The Labute approximate surface area is 81.5 Å². The number of hydrogen-bond acceptors (Lipinski definition) is 3. The Hall–Kier alpha value is -0.220. The van der Waals surface area contributed by atoms with Crippen molar-refractivity contribution in [2.75, 3.05) is 17.9 Å². The summed E-state index contributed by atoms with van der Waals surface area (Å²) in [6, 6.07) is 0. The summed E-state index contributed by atoms with van der Waals surface area (Å²) in [5.41, 5.74) is 0.978. The lowest BCUT2D eigenvalue weighted by Crippen LogP contribution is -2.00. The molecular formula is C7H12ClN3S. The second-order valence-electron chi connectivity index (χ2n) is 2.40. The van der Waals surface area contributed by atoms with Gasteiger partial charge < -0.3 is 0 Å². The average molecular weight is 206 g/mol. The molecule has 0 radical (unpaired) electrons. The van der Waals surface area contributed by atoms with Crippen molar-refractivity contribution in [2.24, 2.45) is 0 Å². The van der Waals surface area contributed by atoms with Crippen LogP contribution >= 0.6 is 23.4 Å². The highest BCUT2D eigenvalue weighted by Gasteiger charge is 1.98. The molecule has 0 unspecified atom stereocenters. The molecule has 0 aliphatic heterocycles. The van der Waals surface area contributed by atoms with Gasteiger partial charge in [-0.05, 0) is 6.26 Å². The minimum atomic E-state index is 0.612. The molecule has 1 aromatic rings. The lowest BCUT2D eigenvalue weighted by atomic mass is 10.4. The molecule has 5 heteroatoms. The monoisotopic (exact) mass is 205 g/mol. The van der Waals surface area contributed by atoms with Crippen LogP contribution in [-0.4, -0.2) is 32.9 Å². The van der Waals surface area contributed by atoms with E-state index in [4.69, 9.17) is 11.6 Å². The van der Waals surface area contributed by atoms with Gasteiger partial charge in [0.2, 0.25) is 0 Å². The van der Waals surface area contributed by atoms with E-state index < -0.39 is 0 Å². The lowest BCUT2D eigenvalue weighted by Gasteiger charge is -1.94. The Balaban J connectivity index is 2.41. The molecule has 0 amide bonds. The summed E-state index contributed by atoms with van der Waals surface area (Å²) in [7, 11) is 0. The zero-order valence-electron chi connectivity index (χ0n) is 7.03. The average Bonchev–Trinajstić information content (AvgIpc) is 2.50. The number of aromatic nitrogens is 3. The fourth-order valence-electron chi connectivity index (χ4n) is 0.844. The molecule has 0 saturated heterocycles. The first-order valence-corrected chi connectivity index (χ1v) is 5.73. The number of thioether (sulfide) groups is 1. The highest BCUT2D eigenvalue weighted by molar-refractivity contribution is 7.98. The first-order valence-electron chi connectivity index (χ1n) is 3.80. The Kier molecular flexibility index (Phi) is 4.46. The maximum Gasteiger partial charge on any atom is 0.0839 e. The summed E-state index contributed by atoms with van der Waals surface area (Å²) < 4.78 is 1.86. The van der Waals surface area contributed by atoms with Crippen LogP contribution in [0.2, 0.25) is 0 Å². The van der Waals surface area contributed by atoms with Crippen LogP contribution < -0.4 is 0 Å². The standard InChI is InChI=1S/C7H12ClN3S/c1-12-5-4-11-6-7(2-3-8)9-10-11/h6H,2-5H2,1H3. The molecule has 0 aliphatic rings. The van der Waals surface area contributed by atoms with E-state index >= 15 is 0 Å². The van der Waals surface area contributed by atoms with Gasteiger partial charge in [0, 0.05) is 24.3 Å². The molecular weight excluding hydrogens is 194 g/mol. The summed E-state index contributed by atoms with van der Waals surface area (Å²) >= 11 is 7.37. The van der Waals surface area contributed by atoms with Gasteiger partial charge in [-0.15, -0.1) is 16.7 Å².